The van der Waals surface area contributed by atoms with E-state index in [2.05, 4.69) is 5.32 Å². The van der Waals surface area contributed by atoms with Gasteiger partial charge in [0.25, 0.3) is 0 Å². The van der Waals surface area contributed by atoms with Crippen LogP contribution in [-0.2, 0) is 14.8 Å². The number of sulfonamides is 1. The Balaban J connectivity index is 2.03. The van der Waals surface area contributed by atoms with Crippen LogP contribution in [0.25, 0.3) is 0 Å². The molecule has 0 bridgehead atoms. The zero-order valence-corrected chi connectivity index (χ0v) is 15.4. The number of nitrogens with zero attached hydrogens (tertiary/aromatic N) is 1. The van der Waals surface area contributed by atoms with Crippen molar-refractivity contribution in [1.82, 2.24) is 5.32 Å². The van der Waals surface area contributed by atoms with Crippen LogP contribution in [0.1, 0.15) is 50.5 Å². The molecule has 0 spiro atoms. The van der Waals surface area contributed by atoms with E-state index in [1.54, 1.807) is 12.1 Å². The summed E-state index contributed by atoms with van der Waals surface area (Å²) in [4.78, 5) is 12.4. The van der Waals surface area contributed by atoms with Crippen molar-refractivity contribution in [2.24, 2.45) is 0 Å². The van der Waals surface area contributed by atoms with E-state index in [4.69, 9.17) is 0 Å². The first kappa shape index (κ1) is 18.8. The summed E-state index contributed by atoms with van der Waals surface area (Å²) in [5.74, 6) is -0.230. The second kappa shape index (κ2) is 8.51. The molecule has 1 fully saturated rings. The van der Waals surface area contributed by atoms with Crippen molar-refractivity contribution in [3.05, 3.63) is 29.8 Å². The molecule has 0 heterocycles. The van der Waals surface area contributed by atoms with Crippen molar-refractivity contribution < 1.29 is 13.2 Å². The molecule has 0 aromatic heterocycles. The Morgan fingerprint density at radius 2 is 1.62 bits per heavy atom. The van der Waals surface area contributed by atoms with Gasteiger partial charge in [0.05, 0.1) is 11.9 Å². The van der Waals surface area contributed by atoms with Gasteiger partial charge in [-0.05, 0) is 31.9 Å². The SMILES string of the molecule is Cc1ccc(N(CC(=O)NC2CCCCCCC2)S(C)(=O)=O)cc1. The Morgan fingerprint density at radius 3 is 2.17 bits per heavy atom. The van der Waals surface area contributed by atoms with Gasteiger partial charge in [-0.15, -0.1) is 0 Å². The molecule has 2 rings (SSSR count). The molecule has 0 radical (unpaired) electrons. The number of rotatable bonds is 5. The van der Waals surface area contributed by atoms with Gasteiger partial charge in [-0.3, -0.25) is 9.10 Å². The van der Waals surface area contributed by atoms with Crippen molar-refractivity contribution in [2.45, 2.75) is 57.9 Å². The molecule has 5 nitrogen and oxygen atoms in total. The van der Waals surface area contributed by atoms with Gasteiger partial charge in [0.15, 0.2) is 0 Å². The molecule has 134 valence electrons. The third-order valence-electron chi connectivity index (χ3n) is 4.48. The van der Waals surface area contributed by atoms with Crippen molar-refractivity contribution in [3.8, 4) is 0 Å². The Labute approximate surface area is 145 Å². The van der Waals surface area contributed by atoms with Gasteiger partial charge in [-0.25, -0.2) is 8.42 Å². The van der Waals surface area contributed by atoms with Gasteiger partial charge in [0.1, 0.15) is 6.54 Å². The van der Waals surface area contributed by atoms with Gasteiger partial charge in [-0.2, -0.15) is 0 Å². The second-order valence-corrected chi connectivity index (χ2v) is 8.62. The molecule has 0 unspecified atom stereocenters. The predicted molar refractivity (Wildman–Crippen MR) is 97.6 cm³/mol. The third-order valence-corrected chi connectivity index (χ3v) is 5.62. The number of carbonyl (C=O) groups is 1. The number of amides is 1. The average molecular weight is 352 g/mol. The summed E-state index contributed by atoms with van der Waals surface area (Å²) >= 11 is 0. The van der Waals surface area contributed by atoms with Crippen LogP contribution in [0, 0.1) is 6.92 Å². The monoisotopic (exact) mass is 352 g/mol. The molecule has 0 aliphatic heterocycles. The standard InChI is InChI=1S/C18H28N2O3S/c1-15-10-12-17(13-11-15)20(24(2,22)23)14-18(21)19-16-8-6-4-3-5-7-9-16/h10-13,16H,3-9,14H2,1-2H3,(H,19,21). The van der Waals surface area contributed by atoms with Crippen molar-refractivity contribution in [1.29, 1.82) is 0 Å². The molecule has 1 aromatic rings. The van der Waals surface area contributed by atoms with E-state index in [0.717, 1.165) is 37.5 Å². The number of benzene rings is 1. The van der Waals surface area contributed by atoms with Crippen molar-refractivity contribution in [2.75, 3.05) is 17.1 Å². The number of carbonyl (C=O) groups excluding carboxylic acids is 1. The lowest BCUT2D eigenvalue weighted by Gasteiger charge is -2.25. The fraction of sp³-hybridized carbons (Fsp3) is 0.611. The zero-order valence-electron chi connectivity index (χ0n) is 14.6. The second-order valence-electron chi connectivity index (χ2n) is 6.71. The minimum atomic E-state index is -3.51. The topological polar surface area (TPSA) is 66.5 Å². The van der Waals surface area contributed by atoms with Gasteiger partial charge in [0, 0.05) is 6.04 Å². The lowest BCUT2D eigenvalue weighted by Crippen LogP contribution is -2.44. The van der Waals surface area contributed by atoms with Gasteiger partial charge in [-0.1, -0.05) is 49.8 Å². The summed E-state index contributed by atoms with van der Waals surface area (Å²) in [6.07, 6.45) is 9.05. The first-order valence-corrected chi connectivity index (χ1v) is 10.5. The summed E-state index contributed by atoms with van der Waals surface area (Å²) in [7, 11) is -3.51. The quantitative estimate of drug-likeness (QED) is 0.886. The van der Waals surface area contributed by atoms with Gasteiger partial charge in [0.2, 0.25) is 15.9 Å². The third kappa shape index (κ3) is 5.82. The van der Waals surface area contributed by atoms with Crippen LogP contribution in [0.4, 0.5) is 5.69 Å². The number of aryl methyl sites for hydroxylation is 1. The maximum absolute atomic E-state index is 12.4. The van der Waals surface area contributed by atoms with E-state index in [9.17, 15) is 13.2 Å². The summed E-state index contributed by atoms with van der Waals surface area (Å²) in [5.41, 5.74) is 1.57. The molecule has 1 amide bonds. The lowest BCUT2D eigenvalue weighted by molar-refractivity contribution is -0.120. The molecule has 1 N–H and O–H groups in total. The summed E-state index contributed by atoms with van der Waals surface area (Å²) < 4.78 is 25.4. The Morgan fingerprint density at radius 1 is 1.08 bits per heavy atom. The predicted octanol–water partition coefficient (Wildman–Crippen LogP) is 2.99. The summed E-state index contributed by atoms with van der Waals surface area (Å²) in [6.45, 7) is 1.77. The van der Waals surface area contributed by atoms with E-state index < -0.39 is 10.0 Å². The maximum Gasteiger partial charge on any atom is 0.240 e. The number of nitrogens with one attached hydrogen (secondary N) is 1. The van der Waals surface area contributed by atoms with E-state index in [-0.39, 0.29) is 18.5 Å². The fourth-order valence-electron chi connectivity index (χ4n) is 3.12. The van der Waals surface area contributed by atoms with Crippen LogP contribution in [0.5, 0.6) is 0 Å². The number of hydrogen-bond donors (Lipinski definition) is 1. The van der Waals surface area contributed by atoms with Crippen LogP contribution in [0.15, 0.2) is 24.3 Å². The first-order valence-electron chi connectivity index (χ1n) is 8.70. The van der Waals surface area contributed by atoms with E-state index in [0.29, 0.717) is 5.69 Å². The van der Waals surface area contributed by atoms with Crippen LogP contribution in [-0.4, -0.2) is 33.2 Å². The Hall–Kier alpha value is -1.56. The largest absolute Gasteiger partial charge is 0.352 e. The normalized spacial score (nSPS) is 16.9. The number of hydrogen-bond acceptors (Lipinski definition) is 3. The lowest BCUT2D eigenvalue weighted by atomic mass is 9.97. The van der Waals surface area contributed by atoms with Crippen molar-refractivity contribution in [3.63, 3.8) is 0 Å². The summed E-state index contributed by atoms with van der Waals surface area (Å²) in [6, 6.07) is 7.33. The molecule has 6 heteroatoms. The molecule has 24 heavy (non-hydrogen) atoms. The maximum atomic E-state index is 12.4. The highest BCUT2D eigenvalue weighted by molar-refractivity contribution is 7.92. The molecule has 1 saturated carbocycles. The molecule has 1 aromatic carbocycles. The minimum absolute atomic E-state index is 0.164. The smallest absolute Gasteiger partial charge is 0.240 e. The van der Waals surface area contributed by atoms with Crippen LogP contribution >= 0.6 is 0 Å². The molecular formula is C18H28N2O3S. The fourth-order valence-corrected chi connectivity index (χ4v) is 3.97. The van der Waals surface area contributed by atoms with Crippen LogP contribution in [0.3, 0.4) is 0 Å². The highest BCUT2D eigenvalue weighted by Gasteiger charge is 2.22. The minimum Gasteiger partial charge on any atom is -0.352 e. The number of anilines is 1. The van der Waals surface area contributed by atoms with Crippen LogP contribution in [0.2, 0.25) is 0 Å². The van der Waals surface area contributed by atoms with E-state index in [1.165, 1.54) is 23.6 Å². The highest BCUT2D eigenvalue weighted by atomic mass is 32.2. The summed E-state index contributed by atoms with van der Waals surface area (Å²) in [5, 5.41) is 3.03. The molecular weight excluding hydrogens is 324 g/mol. The van der Waals surface area contributed by atoms with Crippen LogP contribution < -0.4 is 9.62 Å². The Bertz CT molecular complexity index is 633. The van der Waals surface area contributed by atoms with E-state index in [1.807, 2.05) is 19.1 Å². The first-order chi connectivity index (χ1) is 11.4. The molecule has 1 aliphatic carbocycles. The van der Waals surface area contributed by atoms with Gasteiger partial charge < -0.3 is 5.32 Å². The molecule has 1 aliphatic rings. The Kier molecular flexibility index (Phi) is 6.66. The van der Waals surface area contributed by atoms with E-state index >= 15 is 0 Å². The van der Waals surface area contributed by atoms with Gasteiger partial charge >= 0.3 is 0 Å². The zero-order chi connectivity index (χ0) is 17.6. The highest BCUT2D eigenvalue weighted by Crippen LogP contribution is 2.19. The van der Waals surface area contributed by atoms with Crippen molar-refractivity contribution >= 4 is 21.6 Å². The average Bonchev–Trinajstić information content (AvgIpc) is 2.47. The molecule has 0 saturated heterocycles. The molecule has 0 atom stereocenters.